The first-order chi connectivity index (χ1) is 8.19. The van der Waals surface area contributed by atoms with Crippen molar-refractivity contribution in [1.29, 1.82) is 0 Å². The van der Waals surface area contributed by atoms with E-state index in [-0.39, 0.29) is 5.91 Å². The van der Waals surface area contributed by atoms with Gasteiger partial charge in [0.2, 0.25) is 5.91 Å². The van der Waals surface area contributed by atoms with Crippen molar-refractivity contribution in [2.75, 3.05) is 19.6 Å². The Kier molecular flexibility index (Phi) is 4.39. The summed E-state index contributed by atoms with van der Waals surface area (Å²) in [6, 6.07) is 8.11. The normalized spacial score (nSPS) is 19.6. The molecule has 0 radical (unpaired) electrons. The van der Waals surface area contributed by atoms with Gasteiger partial charge in [-0.25, -0.2) is 0 Å². The number of likely N-dealkylation sites (tertiary alicyclic amines) is 1. The summed E-state index contributed by atoms with van der Waals surface area (Å²) in [7, 11) is 0. The minimum absolute atomic E-state index is 0.225. The third-order valence-corrected chi connectivity index (χ3v) is 3.89. The number of hydrogen-bond acceptors (Lipinski definition) is 2. The van der Waals surface area contributed by atoms with E-state index >= 15 is 0 Å². The van der Waals surface area contributed by atoms with Gasteiger partial charge in [0.05, 0.1) is 6.42 Å². The van der Waals surface area contributed by atoms with Crippen LogP contribution in [0.3, 0.4) is 0 Å². The molecule has 1 unspecified atom stereocenters. The van der Waals surface area contributed by atoms with Crippen molar-refractivity contribution in [3.63, 3.8) is 0 Å². The molecule has 0 aromatic heterocycles. The molecule has 0 bridgehead atoms. The first-order valence-corrected chi connectivity index (χ1v) is 6.99. The van der Waals surface area contributed by atoms with Gasteiger partial charge in [-0.1, -0.05) is 12.1 Å². The van der Waals surface area contributed by atoms with Crippen LogP contribution in [0.25, 0.3) is 0 Å². The number of carbonyl (C=O) groups is 1. The predicted octanol–water partition coefficient (Wildman–Crippen LogP) is 1.64. The van der Waals surface area contributed by atoms with E-state index in [1.54, 1.807) is 0 Å². The van der Waals surface area contributed by atoms with E-state index in [0.29, 0.717) is 18.9 Å². The molecule has 0 spiro atoms. The molecule has 17 heavy (non-hydrogen) atoms. The maximum Gasteiger partial charge on any atom is 0.227 e. The molecule has 1 heterocycles. The Balaban J connectivity index is 1.93. The van der Waals surface area contributed by atoms with Crippen molar-refractivity contribution in [2.24, 2.45) is 11.7 Å². The summed E-state index contributed by atoms with van der Waals surface area (Å²) in [5.74, 6) is 0.720. The van der Waals surface area contributed by atoms with Crippen molar-refractivity contribution >= 4 is 28.5 Å². The van der Waals surface area contributed by atoms with E-state index in [4.69, 9.17) is 5.73 Å². The standard InChI is InChI=1S/C13H17IN2O/c14-12-3-1-2-10(6-12)7-13(17)16-5-4-11(8-15)9-16/h1-3,6,11H,4-5,7-9,15H2. The van der Waals surface area contributed by atoms with Gasteiger partial charge in [-0.15, -0.1) is 0 Å². The number of nitrogens with two attached hydrogens (primary N) is 1. The highest BCUT2D eigenvalue weighted by Crippen LogP contribution is 2.16. The van der Waals surface area contributed by atoms with Gasteiger partial charge in [0, 0.05) is 16.7 Å². The van der Waals surface area contributed by atoms with Gasteiger partial charge in [-0.05, 0) is 59.2 Å². The van der Waals surface area contributed by atoms with E-state index in [9.17, 15) is 4.79 Å². The largest absolute Gasteiger partial charge is 0.342 e. The van der Waals surface area contributed by atoms with Gasteiger partial charge in [0.1, 0.15) is 0 Å². The molecule has 1 aromatic rings. The number of benzene rings is 1. The van der Waals surface area contributed by atoms with Crippen LogP contribution in [0.1, 0.15) is 12.0 Å². The van der Waals surface area contributed by atoms with Crippen LogP contribution in [0, 0.1) is 9.49 Å². The molecule has 1 aliphatic heterocycles. The number of hydrogen-bond donors (Lipinski definition) is 1. The highest BCUT2D eigenvalue weighted by Gasteiger charge is 2.24. The Labute approximate surface area is 116 Å². The van der Waals surface area contributed by atoms with Crippen LogP contribution in [-0.2, 0) is 11.2 Å². The lowest BCUT2D eigenvalue weighted by Gasteiger charge is -2.16. The summed E-state index contributed by atoms with van der Waals surface area (Å²) in [5.41, 5.74) is 6.73. The van der Waals surface area contributed by atoms with Crippen molar-refractivity contribution in [2.45, 2.75) is 12.8 Å². The van der Waals surface area contributed by atoms with Gasteiger partial charge in [-0.3, -0.25) is 4.79 Å². The summed E-state index contributed by atoms with van der Waals surface area (Å²) in [6.45, 7) is 2.39. The van der Waals surface area contributed by atoms with Gasteiger partial charge in [-0.2, -0.15) is 0 Å². The van der Waals surface area contributed by atoms with E-state index in [0.717, 1.165) is 25.1 Å². The lowest BCUT2D eigenvalue weighted by molar-refractivity contribution is -0.129. The number of halogens is 1. The molecule has 2 N–H and O–H groups in total. The van der Waals surface area contributed by atoms with Gasteiger partial charge in [0.25, 0.3) is 0 Å². The highest BCUT2D eigenvalue weighted by atomic mass is 127. The topological polar surface area (TPSA) is 46.3 Å². The van der Waals surface area contributed by atoms with Crippen molar-refractivity contribution in [1.82, 2.24) is 4.90 Å². The number of amides is 1. The zero-order valence-electron chi connectivity index (χ0n) is 9.73. The van der Waals surface area contributed by atoms with Crippen molar-refractivity contribution in [3.8, 4) is 0 Å². The maximum atomic E-state index is 12.1. The van der Waals surface area contributed by atoms with Crippen LogP contribution < -0.4 is 5.73 Å². The molecular weight excluding hydrogens is 327 g/mol. The average Bonchev–Trinajstić information content (AvgIpc) is 2.77. The second-order valence-corrected chi connectivity index (χ2v) is 5.78. The van der Waals surface area contributed by atoms with Crippen LogP contribution in [0.2, 0.25) is 0 Å². The predicted molar refractivity (Wildman–Crippen MR) is 76.6 cm³/mol. The molecule has 92 valence electrons. The smallest absolute Gasteiger partial charge is 0.227 e. The summed E-state index contributed by atoms with van der Waals surface area (Å²) in [6.07, 6.45) is 1.56. The first-order valence-electron chi connectivity index (χ1n) is 5.91. The average molecular weight is 344 g/mol. The zero-order valence-corrected chi connectivity index (χ0v) is 11.9. The third-order valence-electron chi connectivity index (χ3n) is 3.22. The number of rotatable bonds is 3. The van der Waals surface area contributed by atoms with Gasteiger partial charge >= 0.3 is 0 Å². The van der Waals surface area contributed by atoms with E-state index < -0.39 is 0 Å². The van der Waals surface area contributed by atoms with Gasteiger partial charge < -0.3 is 10.6 Å². The fourth-order valence-electron chi connectivity index (χ4n) is 2.18. The Morgan fingerprint density at radius 1 is 1.53 bits per heavy atom. The lowest BCUT2D eigenvalue weighted by Crippen LogP contribution is -2.31. The molecule has 4 heteroatoms. The maximum absolute atomic E-state index is 12.1. The molecule has 1 atom stereocenters. The number of carbonyl (C=O) groups excluding carboxylic acids is 1. The van der Waals surface area contributed by atoms with Gasteiger partial charge in [0.15, 0.2) is 0 Å². The monoisotopic (exact) mass is 344 g/mol. The minimum Gasteiger partial charge on any atom is -0.342 e. The van der Waals surface area contributed by atoms with Crippen LogP contribution in [0.15, 0.2) is 24.3 Å². The Hall–Kier alpha value is -0.620. The third kappa shape index (κ3) is 3.42. The first kappa shape index (κ1) is 12.8. The Morgan fingerprint density at radius 3 is 3.00 bits per heavy atom. The molecule has 0 aliphatic carbocycles. The van der Waals surface area contributed by atoms with Crippen molar-refractivity contribution < 1.29 is 4.79 Å². The zero-order chi connectivity index (χ0) is 12.3. The quantitative estimate of drug-likeness (QED) is 0.848. The lowest BCUT2D eigenvalue weighted by atomic mass is 10.1. The fraction of sp³-hybridized carbons (Fsp3) is 0.462. The minimum atomic E-state index is 0.225. The molecule has 1 saturated heterocycles. The van der Waals surface area contributed by atoms with E-state index in [1.807, 2.05) is 23.1 Å². The highest BCUT2D eigenvalue weighted by molar-refractivity contribution is 14.1. The molecule has 3 nitrogen and oxygen atoms in total. The van der Waals surface area contributed by atoms with Crippen LogP contribution in [0.5, 0.6) is 0 Å². The summed E-state index contributed by atoms with van der Waals surface area (Å²) in [5, 5.41) is 0. The van der Waals surface area contributed by atoms with E-state index in [2.05, 4.69) is 28.7 Å². The summed E-state index contributed by atoms with van der Waals surface area (Å²) < 4.78 is 1.18. The Morgan fingerprint density at radius 2 is 2.35 bits per heavy atom. The molecule has 1 fully saturated rings. The molecular formula is C13H17IN2O. The fourth-order valence-corrected chi connectivity index (χ4v) is 2.79. The molecule has 0 saturated carbocycles. The molecule has 1 aromatic carbocycles. The SMILES string of the molecule is NCC1CCN(C(=O)Cc2cccc(I)c2)C1. The second-order valence-electron chi connectivity index (χ2n) is 4.54. The van der Waals surface area contributed by atoms with Crippen LogP contribution in [-0.4, -0.2) is 30.4 Å². The molecule has 2 rings (SSSR count). The molecule has 1 aliphatic rings. The summed E-state index contributed by atoms with van der Waals surface area (Å²) >= 11 is 2.27. The van der Waals surface area contributed by atoms with Crippen LogP contribution >= 0.6 is 22.6 Å². The number of nitrogens with zero attached hydrogens (tertiary/aromatic N) is 1. The van der Waals surface area contributed by atoms with Crippen molar-refractivity contribution in [3.05, 3.63) is 33.4 Å². The second kappa shape index (κ2) is 5.82. The Bertz CT molecular complexity index is 408. The van der Waals surface area contributed by atoms with E-state index in [1.165, 1.54) is 3.57 Å². The summed E-state index contributed by atoms with van der Waals surface area (Å²) in [4.78, 5) is 14.0. The van der Waals surface area contributed by atoms with Crippen LogP contribution in [0.4, 0.5) is 0 Å². The molecule has 1 amide bonds.